The van der Waals surface area contributed by atoms with E-state index in [1.54, 1.807) is 24.2 Å². The lowest BCUT2D eigenvalue weighted by Crippen LogP contribution is -2.63. The molecule has 0 saturated carbocycles. The molecule has 2 heterocycles. The fraction of sp³-hybridized carbons (Fsp3) is 0.500. The van der Waals surface area contributed by atoms with Crippen LogP contribution < -0.4 is 5.56 Å². The summed E-state index contributed by atoms with van der Waals surface area (Å²) in [7, 11) is 1.63. The lowest BCUT2D eigenvalue weighted by molar-refractivity contribution is -0.0826. The quantitative estimate of drug-likeness (QED) is 0.785. The Bertz CT molecular complexity index is 501. The van der Waals surface area contributed by atoms with Gasteiger partial charge in [0.25, 0.3) is 11.5 Å². The molecule has 1 N–H and O–H groups in total. The minimum atomic E-state index is -0.741. The molecular weight excluding hydrogens is 220 g/mol. The van der Waals surface area contributed by atoms with Crippen molar-refractivity contribution in [1.29, 1.82) is 0 Å². The number of hydrogen-bond acceptors (Lipinski definition) is 3. The van der Waals surface area contributed by atoms with Gasteiger partial charge in [-0.2, -0.15) is 0 Å². The van der Waals surface area contributed by atoms with E-state index >= 15 is 0 Å². The largest absolute Gasteiger partial charge is 0.386 e. The van der Waals surface area contributed by atoms with Gasteiger partial charge < -0.3 is 14.6 Å². The molecule has 0 unspecified atom stereocenters. The number of rotatable bonds is 2. The molecule has 17 heavy (non-hydrogen) atoms. The van der Waals surface area contributed by atoms with Crippen LogP contribution in [0.3, 0.4) is 0 Å². The summed E-state index contributed by atoms with van der Waals surface area (Å²) >= 11 is 0. The maximum atomic E-state index is 12.0. The first kappa shape index (κ1) is 11.9. The van der Waals surface area contributed by atoms with Crippen molar-refractivity contribution in [1.82, 2.24) is 9.47 Å². The number of carbonyl (C=O) groups excluding carboxylic acids is 1. The highest BCUT2D eigenvalue weighted by Crippen LogP contribution is 2.25. The van der Waals surface area contributed by atoms with Gasteiger partial charge in [-0.05, 0) is 12.5 Å². The van der Waals surface area contributed by atoms with Crippen LogP contribution in [-0.4, -0.2) is 39.2 Å². The molecule has 1 aromatic rings. The second kappa shape index (κ2) is 4.00. The molecule has 1 amide bonds. The van der Waals surface area contributed by atoms with Crippen molar-refractivity contribution in [3.05, 3.63) is 34.2 Å². The second-order valence-electron chi connectivity index (χ2n) is 4.60. The summed E-state index contributed by atoms with van der Waals surface area (Å²) in [5.41, 5.74) is -0.566. The van der Waals surface area contributed by atoms with E-state index in [2.05, 4.69) is 0 Å². The van der Waals surface area contributed by atoms with Gasteiger partial charge in [-0.1, -0.05) is 6.92 Å². The minimum absolute atomic E-state index is 0.194. The number of hydrogen-bond donors (Lipinski definition) is 1. The van der Waals surface area contributed by atoms with Gasteiger partial charge >= 0.3 is 0 Å². The zero-order valence-corrected chi connectivity index (χ0v) is 10.0. The number of aryl methyl sites for hydroxylation is 1. The van der Waals surface area contributed by atoms with Crippen LogP contribution in [0.15, 0.2) is 23.1 Å². The average Bonchev–Trinajstić information content (AvgIpc) is 2.27. The third kappa shape index (κ3) is 2.10. The Balaban J connectivity index is 2.12. The molecule has 0 bridgehead atoms. The Hall–Kier alpha value is -1.62. The molecule has 0 aromatic carbocycles. The molecule has 1 saturated heterocycles. The monoisotopic (exact) mass is 236 g/mol. The third-order valence-corrected chi connectivity index (χ3v) is 3.27. The predicted molar refractivity (Wildman–Crippen MR) is 62.8 cm³/mol. The van der Waals surface area contributed by atoms with E-state index in [1.807, 2.05) is 6.92 Å². The lowest BCUT2D eigenvalue weighted by atomic mass is 9.91. The highest BCUT2D eigenvalue weighted by atomic mass is 16.3. The Morgan fingerprint density at radius 3 is 2.71 bits per heavy atom. The van der Waals surface area contributed by atoms with Gasteiger partial charge in [0.1, 0.15) is 0 Å². The summed E-state index contributed by atoms with van der Waals surface area (Å²) in [6, 6.07) is 2.94. The van der Waals surface area contributed by atoms with Crippen molar-refractivity contribution in [2.45, 2.75) is 18.9 Å². The number of aromatic nitrogens is 1. The topological polar surface area (TPSA) is 62.5 Å². The molecule has 0 spiro atoms. The summed E-state index contributed by atoms with van der Waals surface area (Å²) in [5.74, 6) is -0.194. The molecule has 5 nitrogen and oxygen atoms in total. The summed E-state index contributed by atoms with van der Waals surface area (Å²) in [5, 5.41) is 9.82. The minimum Gasteiger partial charge on any atom is -0.386 e. The van der Waals surface area contributed by atoms with Crippen molar-refractivity contribution < 1.29 is 9.90 Å². The van der Waals surface area contributed by atoms with Crippen LogP contribution in [0.2, 0.25) is 0 Å². The van der Waals surface area contributed by atoms with Crippen LogP contribution in [0, 0.1) is 0 Å². The molecule has 0 radical (unpaired) electrons. The molecule has 0 atom stereocenters. The van der Waals surface area contributed by atoms with E-state index in [-0.39, 0.29) is 11.5 Å². The van der Waals surface area contributed by atoms with E-state index in [1.165, 1.54) is 10.6 Å². The van der Waals surface area contributed by atoms with Crippen molar-refractivity contribution in [2.75, 3.05) is 13.1 Å². The average molecular weight is 236 g/mol. The van der Waals surface area contributed by atoms with Gasteiger partial charge in [0, 0.05) is 24.9 Å². The van der Waals surface area contributed by atoms with Gasteiger partial charge in [0.05, 0.1) is 18.7 Å². The highest BCUT2D eigenvalue weighted by molar-refractivity contribution is 5.94. The molecule has 0 aliphatic carbocycles. The number of pyridine rings is 1. The van der Waals surface area contributed by atoms with E-state index in [9.17, 15) is 14.7 Å². The van der Waals surface area contributed by atoms with E-state index in [0.29, 0.717) is 25.1 Å². The summed E-state index contributed by atoms with van der Waals surface area (Å²) < 4.78 is 1.41. The molecule has 1 aliphatic rings. The maximum Gasteiger partial charge on any atom is 0.254 e. The van der Waals surface area contributed by atoms with E-state index in [0.717, 1.165) is 0 Å². The van der Waals surface area contributed by atoms with Crippen LogP contribution in [0.1, 0.15) is 23.7 Å². The van der Waals surface area contributed by atoms with Crippen molar-refractivity contribution >= 4 is 5.91 Å². The zero-order chi connectivity index (χ0) is 12.6. The predicted octanol–water partition coefficient (Wildman–Crippen LogP) is -0.0178. The Labute approximate surface area is 99.3 Å². The standard InChI is InChI=1S/C12H16N2O3/c1-3-12(17)7-14(8-12)11(16)9-4-5-13(2)10(15)6-9/h4-6,17H,3,7-8H2,1-2H3. The molecule has 92 valence electrons. The smallest absolute Gasteiger partial charge is 0.254 e. The van der Waals surface area contributed by atoms with Gasteiger partial charge in [-0.3, -0.25) is 9.59 Å². The number of amides is 1. The van der Waals surface area contributed by atoms with Crippen LogP contribution >= 0.6 is 0 Å². The van der Waals surface area contributed by atoms with Crippen molar-refractivity contribution in [2.24, 2.45) is 7.05 Å². The molecular formula is C12H16N2O3. The second-order valence-corrected chi connectivity index (χ2v) is 4.60. The van der Waals surface area contributed by atoms with Gasteiger partial charge in [-0.15, -0.1) is 0 Å². The fourth-order valence-corrected chi connectivity index (χ4v) is 1.90. The van der Waals surface area contributed by atoms with Gasteiger partial charge in [0.15, 0.2) is 0 Å². The molecule has 1 fully saturated rings. The number of carbonyl (C=O) groups is 1. The number of aliphatic hydroxyl groups is 1. The summed E-state index contributed by atoms with van der Waals surface area (Å²) in [6.07, 6.45) is 2.20. The first-order valence-electron chi connectivity index (χ1n) is 5.63. The summed E-state index contributed by atoms with van der Waals surface area (Å²) in [4.78, 5) is 24.9. The fourth-order valence-electron chi connectivity index (χ4n) is 1.90. The van der Waals surface area contributed by atoms with E-state index in [4.69, 9.17) is 0 Å². The Morgan fingerprint density at radius 2 is 2.18 bits per heavy atom. The van der Waals surface area contributed by atoms with Gasteiger partial charge in [-0.25, -0.2) is 0 Å². The first-order valence-corrected chi connectivity index (χ1v) is 5.63. The number of β-amino-alcohol motifs (C(OH)–C–C–N with tert-alkyl or cyclic N) is 1. The Kier molecular flexibility index (Phi) is 2.79. The maximum absolute atomic E-state index is 12.0. The number of likely N-dealkylation sites (tertiary alicyclic amines) is 1. The normalized spacial score (nSPS) is 17.7. The molecule has 2 rings (SSSR count). The SMILES string of the molecule is CCC1(O)CN(C(=O)c2ccn(C)c(=O)c2)C1. The Morgan fingerprint density at radius 1 is 1.53 bits per heavy atom. The molecule has 5 heteroatoms. The van der Waals surface area contributed by atoms with Crippen LogP contribution in [0.4, 0.5) is 0 Å². The third-order valence-electron chi connectivity index (χ3n) is 3.27. The summed E-state index contributed by atoms with van der Waals surface area (Å²) in [6.45, 7) is 2.58. The van der Waals surface area contributed by atoms with Crippen LogP contribution in [0.5, 0.6) is 0 Å². The molecule has 1 aromatic heterocycles. The van der Waals surface area contributed by atoms with Crippen molar-refractivity contribution in [3.8, 4) is 0 Å². The van der Waals surface area contributed by atoms with Crippen molar-refractivity contribution in [3.63, 3.8) is 0 Å². The first-order chi connectivity index (χ1) is 7.95. The van der Waals surface area contributed by atoms with Crippen LogP contribution in [-0.2, 0) is 7.05 Å². The van der Waals surface area contributed by atoms with E-state index < -0.39 is 5.60 Å². The van der Waals surface area contributed by atoms with Gasteiger partial charge in [0.2, 0.25) is 0 Å². The number of nitrogens with zero attached hydrogens (tertiary/aromatic N) is 2. The molecule has 1 aliphatic heterocycles. The van der Waals surface area contributed by atoms with Crippen LogP contribution in [0.25, 0.3) is 0 Å². The highest BCUT2D eigenvalue weighted by Gasteiger charge is 2.42. The lowest BCUT2D eigenvalue weighted by Gasteiger charge is -2.46. The zero-order valence-electron chi connectivity index (χ0n) is 10.0.